The van der Waals surface area contributed by atoms with Crippen LogP contribution < -0.4 is 20.9 Å². The summed E-state index contributed by atoms with van der Waals surface area (Å²) >= 11 is 0. The molecule has 2 aromatic heterocycles. The Balaban J connectivity index is 1.37. The molecule has 5 rings (SSSR count). The minimum Gasteiger partial charge on any atom is -0.368 e. The van der Waals surface area contributed by atoms with E-state index in [0.29, 0.717) is 29.9 Å². The van der Waals surface area contributed by atoms with Gasteiger partial charge in [0.25, 0.3) is 5.91 Å². The zero-order valence-electron chi connectivity index (χ0n) is 16.9. The van der Waals surface area contributed by atoms with Gasteiger partial charge >= 0.3 is 0 Å². The van der Waals surface area contributed by atoms with E-state index in [-0.39, 0.29) is 17.5 Å². The van der Waals surface area contributed by atoms with Gasteiger partial charge in [-0.05, 0) is 36.2 Å². The molecule has 3 N–H and O–H groups in total. The Morgan fingerprint density at radius 2 is 1.90 bits per heavy atom. The van der Waals surface area contributed by atoms with E-state index < -0.39 is 5.82 Å². The van der Waals surface area contributed by atoms with Crippen molar-refractivity contribution in [1.82, 2.24) is 25.6 Å². The Kier molecular flexibility index (Phi) is 5.17. The van der Waals surface area contributed by atoms with E-state index >= 15 is 0 Å². The molecule has 31 heavy (non-hydrogen) atoms. The number of aromatic nitrogens is 3. The molecule has 0 bridgehead atoms. The van der Waals surface area contributed by atoms with Crippen molar-refractivity contribution in [3.8, 4) is 11.3 Å². The number of nitrogens with one attached hydrogen (secondary N) is 3. The lowest BCUT2D eigenvalue weighted by atomic mass is 9.96. The van der Waals surface area contributed by atoms with Gasteiger partial charge in [0.05, 0.1) is 18.1 Å². The van der Waals surface area contributed by atoms with Crippen molar-refractivity contribution in [2.24, 2.45) is 0 Å². The zero-order valence-corrected chi connectivity index (χ0v) is 16.9. The molecular formula is C22H22FN7O. The number of hydrogen-bond donors (Lipinski definition) is 3. The molecule has 8 nitrogen and oxygen atoms in total. The monoisotopic (exact) mass is 419 g/mol. The number of nitrogens with zero attached hydrogens (tertiary/aromatic N) is 4. The van der Waals surface area contributed by atoms with Crippen molar-refractivity contribution < 1.29 is 9.18 Å². The first-order valence-corrected chi connectivity index (χ1v) is 10.3. The first-order valence-electron chi connectivity index (χ1n) is 10.3. The molecule has 1 saturated heterocycles. The standard InChI is InChI=1S/C22H22FN7O/c23-18-13-27-22(28-19-4-2-16(12-26-19)30-9-7-24-8-10-30)29-20(18)15-1-3-17-14(11-15)5-6-25-21(17)31/h1-4,11-13,24H,5-10H2,(H,25,31)(H,26,27,28,29). The number of rotatable bonds is 4. The number of halogens is 1. The van der Waals surface area contributed by atoms with E-state index in [0.717, 1.165) is 43.6 Å². The lowest BCUT2D eigenvalue weighted by Crippen LogP contribution is -2.43. The topological polar surface area (TPSA) is 95.1 Å². The van der Waals surface area contributed by atoms with E-state index in [1.165, 1.54) is 0 Å². The lowest BCUT2D eigenvalue weighted by Gasteiger charge is -2.29. The van der Waals surface area contributed by atoms with Crippen LogP contribution >= 0.6 is 0 Å². The first-order chi connectivity index (χ1) is 15.2. The summed E-state index contributed by atoms with van der Waals surface area (Å²) in [6.07, 6.45) is 3.66. The Labute approximate surface area is 178 Å². The molecule has 2 aliphatic heterocycles. The zero-order chi connectivity index (χ0) is 21.2. The van der Waals surface area contributed by atoms with Crippen LogP contribution in [0.4, 0.5) is 21.8 Å². The van der Waals surface area contributed by atoms with Crippen molar-refractivity contribution in [1.29, 1.82) is 0 Å². The minimum atomic E-state index is -0.521. The van der Waals surface area contributed by atoms with Gasteiger partial charge < -0.3 is 20.9 Å². The number of anilines is 3. The van der Waals surface area contributed by atoms with Gasteiger partial charge in [0.15, 0.2) is 5.82 Å². The summed E-state index contributed by atoms with van der Waals surface area (Å²) in [6.45, 7) is 4.38. The maximum atomic E-state index is 14.5. The Bertz CT molecular complexity index is 1110. The Morgan fingerprint density at radius 1 is 1.03 bits per heavy atom. The molecule has 158 valence electrons. The third-order valence-electron chi connectivity index (χ3n) is 5.52. The molecule has 0 saturated carbocycles. The van der Waals surface area contributed by atoms with Crippen LogP contribution in [-0.4, -0.2) is 53.6 Å². The number of carbonyl (C=O) groups is 1. The summed E-state index contributed by atoms with van der Waals surface area (Å²) in [7, 11) is 0. The number of amides is 1. The highest BCUT2D eigenvalue weighted by Crippen LogP contribution is 2.26. The number of benzene rings is 1. The van der Waals surface area contributed by atoms with Crippen LogP contribution in [0, 0.1) is 5.82 Å². The third kappa shape index (κ3) is 4.04. The summed E-state index contributed by atoms with van der Waals surface area (Å²) in [4.78, 5) is 27.1. The molecule has 2 aliphatic rings. The fourth-order valence-corrected chi connectivity index (χ4v) is 3.89. The maximum absolute atomic E-state index is 14.5. The molecule has 1 aromatic carbocycles. The molecule has 1 amide bonds. The van der Waals surface area contributed by atoms with Gasteiger partial charge in [-0.2, -0.15) is 0 Å². The third-order valence-corrected chi connectivity index (χ3v) is 5.52. The normalized spacial score (nSPS) is 15.9. The second kappa shape index (κ2) is 8.27. The van der Waals surface area contributed by atoms with Crippen molar-refractivity contribution in [3.05, 3.63) is 59.7 Å². The molecule has 4 heterocycles. The van der Waals surface area contributed by atoms with Gasteiger partial charge in [-0.3, -0.25) is 4.79 Å². The predicted octanol–water partition coefficient (Wildman–Crippen LogP) is 2.12. The van der Waals surface area contributed by atoms with Crippen LogP contribution in [-0.2, 0) is 6.42 Å². The molecule has 9 heteroatoms. The summed E-state index contributed by atoms with van der Waals surface area (Å²) in [5, 5.41) is 9.18. The fraction of sp³-hybridized carbons (Fsp3) is 0.273. The van der Waals surface area contributed by atoms with Gasteiger partial charge in [0, 0.05) is 43.9 Å². The second-order valence-corrected chi connectivity index (χ2v) is 7.53. The average molecular weight is 419 g/mol. The van der Waals surface area contributed by atoms with Gasteiger partial charge in [-0.25, -0.2) is 19.3 Å². The van der Waals surface area contributed by atoms with E-state index in [4.69, 9.17) is 0 Å². The lowest BCUT2D eigenvalue weighted by molar-refractivity contribution is 0.0946. The van der Waals surface area contributed by atoms with Crippen LogP contribution in [0.2, 0.25) is 0 Å². The molecular weight excluding hydrogens is 397 g/mol. The van der Waals surface area contributed by atoms with Crippen molar-refractivity contribution >= 4 is 23.4 Å². The van der Waals surface area contributed by atoms with E-state index in [9.17, 15) is 9.18 Å². The minimum absolute atomic E-state index is 0.103. The highest BCUT2D eigenvalue weighted by atomic mass is 19.1. The number of pyridine rings is 1. The molecule has 0 aliphatic carbocycles. The smallest absolute Gasteiger partial charge is 0.251 e. The van der Waals surface area contributed by atoms with Crippen LogP contribution in [0.15, 0.2) is 42.7 Å². The van der Waals surface area contributed by atoms with Gasteiger partial charge in [-0.15, -0.1) is 0 Å². The molecule has 0 radical (unpaired) electrons. The molecule has 1 fully saturated rings. The second-order valence-electron chi connectivity index (χ2n) is 7.53. The van der Waals surface area contributed by atoms with E-state index in [1.54, 1.807) is 12.1 Å². The van der Waals surface area contributed by atoms with Crippen LogP contribution in [0.3, 0.4) is 0 Å². The molecule has 3 aromatic rings. The average Bonchev–Trinajstić information content (AvgIpc) is 2.81. The van der Waals surface area contributed by atoms with Crippen molar-refractivity contribution in [2.45, 2.75) is 6.42 Å². The summed E-state index contributed by atoms with van der Waals surface area (Å²) in [5.41, 5.74) is 3.36. The maximum Gasteiger partial charge on any atom is 0.251 e. The van der Waals surface area contributed by atoms with Gasteiger partial charge in [-0.1, -0.05) is 6.07 Å². The highest BCUT2D eigenvalue weighted by molar-refractivity contribution is 5.97. The summed E-state index contributed by atoms with van der Waals surface area (Å²) in [5.74, 6) is 0.217. The predicted molar refractivity (Wildman–Crippen MR) is 116 cm³/mol. The molecule has 0 spiro atoms. The SMILES string of the molecule is O=C1NCCc2cc(-c3nc(Nc4ccc(N5CCNCC5)cn4)ncc3F)ccc21. The first kappa shape index (κ1) is 19.4. The van der Waals surface area contributed by atoms with E-state index in [2.05, 4.69) is 35.8 Å². The van der Waals surface area contributed by atoms with Crippen LogP contribution in [0.5, 0.6) is 0 Å². The summed E-state index contributed by atoms with van der Waals surface area (Å²) < 4.78 is 14.5. The number of piperazine rings is 1. The van der Waals surface area contributed by atoms with Crippen LogP contribution in [0.25, 0.3) is 11.3 Å². The van der Waals surface area contributed by atoms with Gasteiger partial charge in [0.1, 0.15) is 11.5 Å². The largest absolute Gasteiger partial charge is 0.368 e. The highest BCUT2D eigenvalue weighted by Gasteiger charge is 2.19. The van der Waals surface area contributed by atoms with E-state index in [1.807, 2.05) is 24.4 Å². The number of fused-ring (bicyclic) bond motifs is 1. The summed E-state index contributed by atoms with van der Waals surface area (Å²) in [6, 6.07) is 9.11. The molecule has 0 atom stereocenters. The number of hydrogen-bond acceptors (Lipinski definition) is 7. The van der Waals surface area contributed by atoms with Crippen molar-refractivity contribution in [2.75, 3.05) is 42.9 Å². The Morgan fingerprint density at radius 3 is 2.71 bits per heavy atom. The number of carbonyl (C=O) groups excluding carboxylic acids is 1. The van der Waals surface area contributed by atoms with Crippen molar-refractivity contribution in [3.63, 3.8) is 0 Å². The quantitative estimate of drug-likeness (QED) is 0.596. The Hall–Kier alpha value is -3.59. The fourth-order valence-electron chi connectivity index (χ4n) is 3.89. The van der Waals surface area contributed by atoms with Gasteiger partial charge in [0.2, 0.25) is 5.95 Å². The molecule has 0 unspecified atom stereocenters. The van der Waals surface area contributed by atoms with Crippen LogP contribution in [0.1, 0.15) is 15.9 Å².